The summed E-state index contributed by atoms with van der Waals surface area (Å²) in [5.74, 6) is -0.689. The molecule has 138 valence electrons. The minimum absolute atomic E-state index is 0.170. The van der Waals surface area contributed by atoms with E-state index in [1.54, 1.807) is 6.92 Å². The van der Waals surface area contributed by atoms with Crippen molar-refractivity contribution in [2.24, 2.45) is 0 Å². The van der Waals surface area contributed by atoms with Crippen LogP contribution in [0.4, 0.5) is 9.80 Å². The summed E-state index contributed by atoms with van der Waals surface area (Å²) in [5.41, 5.74) is 1.34. The van der Waals surface area contributed by atoms with Gasteiger partial charge in [0.15, 0.2) is 0 Å². The molecule has 2 N–H and O–H groups in total. The SMILES string of the molecule is CCOC(=O)NC(=O)c1c(NC(=O)Cc2cccs2)sc2c1CCCC2. The van der Waals surface area contributed by atoms with Gasteiger partial charge in [-0.25, -0.2) is 4.79 Å². The summed E-state index contributed by atoms with van der Waals surface area (Å²) in [5, 5.41) is 7.55. The number of hydrogen-bond acceptors (Lipinski definition) is 6. The summed E-state index contributed by atoms with van der Waals surface area (Å²) in [6.45, 7) is 1.86. The molecule has 0 saturated heterocycles. The van der Waals surface area contributed by atoms with Crippen LogP contribution in [-0.2, 0) is 28.8 Å². The molecule has 6 nitrogen and oxygen atoms in total. The van der Waals surface area contributed by atoms with E-state index in [4.69, 9.17) is 4.74 Å². The summed E-state index contributed by atoms with van der Waals surface area (Å²) in [6.07, 6.45) is 3.21. The van der Waals surface area contributed by atoms with E-state index in [2.05, 4.69) is 10.6 Å². The van der Waals surface area contributed by atoms with Gasteiger partial charge < -0.3 is 10.1 Å². The first-order valence-electron chi connectivity index (χ1n) is 8.53. The van der Waals surface area contributed by atoms with Crippen molar-refractivity contribution in [2.75, 3.05) is 11.9 Å². The summed E-state index contributed by atoms with van der Waals surface area (Å²) in [4.78, 5) is 38.7. The lowest BCUT2D eigenvalue weighted by molar-refractivity contribution is -0.115. The predicted octanol–water partition coefficient (Wildman–Crippen LogP) is 3.76. The third-order valence-electron chi connectivity index (χ3n) is 4.06. The molecule has 0 aliphatic heterocycles. The minimum atomic E-state index is -0.774. The molecular formula is C18H20N2O4S2. The number of alkyl carbamates (subject to hydrolysis) is 1. The number of rotatable bonds is 5. The average Bonchev–Trinajstić information content (AvgIpc) is 3.21. The lowest BCUT2D eigenvalue weighted by Crippen LogP contribution is -2.32. The van der Waals surface area contributed by atoms with Gasteiger partial charge in [0.05, 0.1) is 18.6 Å². The standard InChI is InChI=1S/C18H20N2O4S2/c1-2-24-18(23)20-16(22)15-12-7-3-4-8-13(12)26-17(15)19-14(21)10-11-6-5-9-25-11/h5-6,9H,2-4,7-8,10H2,1H3,(H,19,21)(H,20,22,23). The number of carbonyl (C=O) groups excluding carboxylic acids is 3. The Bertz CT molecular complexity index is 812. The molecule has 0 aromatic carbocycles. The van der Waals surface area contributed by atoms with Crippen molar-refractivity contribution >= 4 is 45.6 Å². The summed E-state index contributed by atoms with van der Waals surface area (Å²) in [6, 6.07) is 3.80. The van der Waals surface area contributed by atoms with Gasteiger partial charge in [-0.15, -0.1) is 22.7 Å². The van der Waals surface area contributed by atoms with Crippen LogP contribution in [0.1, 0.15) is 45.4 Å². The van der Waals surface area contributed by atoms with E-state index in [1.807, 2.05) is 17.5 Å². The first-order valence-corrected chi connectivity index (χ1v) is 10.2. The highest BCUT2D eigenvalue weighted by atomic mass is 32.1. The van der Waals surface area contributed by atoms with Crippen molar-refractivity contribution in [1.82, 2.24) is 5.32 Å². The lowest BCUT2D eigenvalue weighted by Gasteiger charge is -2.12. The zero-order chi connectivity index (χ0) is 18.5. The van der Waals surface area contributed by atoms with Gasteiger partial charge in [0.25, 0.3) is 5.91 Å². The number of hydrogen-bond donors (Lipinski definition) is 2. The molecule has 3 amide bonds. The first-order chi connectivity index (χ1) is 12.6. The highest BCUT2D eigenvalue weighted by molar-refractivity contribution is 7.17. The van der Waals surface area contributed by atoms with Crippen LogP contribution in [0, 0.1) is 0 Å². The van der Waals surface area contributed by atoms with Crippen molar-refractivity contribution in [1.29, 1.82) is 0 Å². The Morgan fingerprint density at radius 3 is 2.77 bits per heavy atom. The maximum atomic E-state index is 12.6. The number of nitrogens with one attached hydrogen (secondary N) is 2. The Balaban J connectivity index is 1.82. The van der Waals surface area contributed by atoms with Crippen LogP contribution in [0.3, 0.4) is 0 Å². The average molecular weight is 393 g/mol. The molecule has 0 radical (unpaired) electrons. The Morgan fingerprint density at radius 1 is 1.23 bits per heavy atom. The molecule has 2 heterocycles. The van der Waals surface area contributed by atoms with Crippen molar-refractivity contribution in [3.63, 3.8) is 0 Å². The second-order valence-corrected chi connectivity index (χ2v) is 8.03. The molecular weight excluding hydrogens is 372 g/mol. The van der Waals surface area contributed by atoms with Gasteiger partial charge in [-0.05, 0) is 49.6 Å². The van der Waals surface area contributed by atoms with Crippen molar-refractivity contribution < 1.29 is 19.1 Å². The number of aryl methyl sites for hydroxylation is 1. The third kappa shape index (κ3) is 4.31. The molecule has 0 bridgehead atoms. The Hall–Kier alpha value is -2.19. The molecule has 8 heteroatoms. The highest BCUT2D eigenvalue weighted by Gasteiger charge is 2.27. The maximum Gasteiger partial charge on any atom is 0.414 e. The summed E-state index contributed by atoms with van der Waals surface area (Å²) >= 11 is 2.95. The fourth-order valence-electron chi connectivity index (χ4n) is 2.96. The van der Waals surface area contributed by atoms with E-state index in [9.17, 15) is 14.4 Å². The van der Waals surface area contributed by atoms with Gasteiger partial charge in [-0.3, -0.25) is 14.9 Å². The summed E-state index contributed by atoms with van der Waals surface area (Å²) in [7, 11) is 0. The Labute approximate surface area is 159 Å². The smallest absolute Gasteiger partial charge is 0.414 e. The maximum absolute atomic E-state index is 12.6. The lowest BCUT2D eigenvalue weighted by atomic mass is 9.95. The Kier molecular flexibility index (Phi) is 6.05. The van der Waals surface area contributed by atoms with E-state index in [0.29, 0.717) is 10.6 Å². The van der Waals surface area contributed by atoms with Crippen LogP contribution in [0.2, 0.25) is 0 Å². The minimum Gasteiger partial charge on any atom is -0.450 e. The molecule has 2 aromatic rings. The molecule has 0 saturated carbocycles. The van der Waals surface area contributed by atoms with Gasteiger partial charge in [0.1, 0.15) is 5.00 Å². The number of imide groups is 1. The van der Waals surface area contributed by atoms with Crippen LogP contribution in [-0.4, -0.2) is 24.5 Å². The number of fused-ring (bicyclic) bond motifs is 1. The second kappa shape index (κ2) is 8.46. The largest absolute Gasteiger partial charge is 0.450 e. The van der Waals surface area contributed by atoms with Crippen LogP contribution < -0.4 is 10.6 Å². The topological polar surface area (TPSA) is 84.5 Å². The molecule has 0 fully saturated rings. The van der Waals surface area contributed by atoms with E-state index in [-0.39, 0.29) is 18.9 Å². The number of ether oxygens (including phenoxy) is 1. The fourth-order valence-corrected chi connectivity index (χ4v) is 4.97. The van der Waals surface area contributed by atoms with Crippen LogP contribution in [0.25, 0.3) is 0 Å². The number of carbonyl (C=O) groups is 3. The molecule has 0 spiro atoms. The monoisotopic (exact) mass is 392 g/mol. The zero-order valence-electron chi connectivity index (χ0n) is 14.4. The zero-order valence-corrected chi connectivity index (χ0v) is 16.1. The van der Waals surface area contributed by atoms with Crippen molar-refractivity contribution in [2.45, 2.75) is 39.0 Å². The van der Waals surface area contributed by atoms with Crippen LogP contribution in [0.5, 0.6) is 0 Å². The second-order valence-electron chi connectivity index (χ2n) is 5.89. The number of anilines is 1. The number of amides is 3. The normalized spacial score (nSPS) is 13.0. The van der Waals surface area contributed by atoms with Crippen molar-refractivity contribution in [3.05, 3.63) is 38.4 Å². The van der Waals surface area contributed by atoms with E-state index >= 15 is 0 Å². The van der Waals surface area contributed by atoms with Crippen molar-refractivity contribution in [3.8, 4) is 0 Å². The van der Waals surface area contributed by atoms with Gasteiger partial charge in [-0.1, -0.05) is 6.07 Å². The fraction of sp³-hybridized carbons (Fsp3) is 0.389. The van der Waals surface area contributed by atoms with Gasteiger partial charge in [0, 0.05) is 9.75 Å². The number of thiophene rings is 2. The summed E-state index contributed by atoms with van der Waals surface area (Å²) < 4.78 is 4.79. The molecule has 1 aliphatic carbocycles. The van der Waals surface area contributed by atoms with E-state index < -0.39 is 12.0 Å². The predicted molar refractivity (Wildman–Crippen MR) is 102 cm³/mol. The molecule has 0 unspecified atom stereocenters. The van der Waals surface area contributed by atoms with Gasteiger partial charge in [-0.2, -0.15) is 0 Å². The van der Waals surface area contributed by atoms with Gasteiger partial charge in [0.2, 0.25) is 5.91 Å². The molecule has 1 aliphatic rings. The van der Waals surface area contributed by atoms with E-state index in [1.165, 1.54) is 22.7 Å². The van der Waals surface area contributed by atoms with Crippen LogP contribution in [0.15, 0.2) is 17.5 Å². The Morgan fingerprint density at radius 2 is 2.04 bits per heavy atom. The first kappa shape index (κ1) is 18.6. The molecule has 26 heavy (non-hydrogen) atoms. The van der Waals surface area contributed by atoms with Crippen LogP contribution >= 0.6 is 22.7 Å². The molecule has 0 atom stereocenters. The molecule has 2 aromatic heterocycles. The van der Waals surface area contributed by atoms with E-state index in [0.717, 1.165) is 41.0 Å². The third-order valence-corrected chi connectivity index (χ3v) is 6.14. The quantitative estimate of drug-likeness (QED) is 0.811. The highest BCUT2D eigenvalue weighted by Crippen LogP contribution is 2.38. The van der Waals surface area contributed by atoms with Gasteiger partial charge >= 0.3 is 6.09 Å². The molecule has 3 rings (SSSR count).